The molecule has 0 saturated carbocycles. The molecule has 0 radical (unpaired) electrons. The zero-order valence-corrected chi connectivity index (χ0v) is 12.7. The Balaban J connectivity index is 1.32. The first-order valence-corrected chi connectivity index (χ1v) is 8.00. The second-order valence-electron chi connectivity index (χ2n) is 5.18. The van der Waals surface area contributed by atoms with Crippen molar-refractivity contribution in [2.45, 2.75) is 13.0 Å². The molecule has 1 N–H and O–H groups in total. The summed E-state index contributed by atoms with van der Waals surface area (Å²) in [7, 11) is 0. The number of rotatable bonds is 4. The summed E-state index contributed by atoms with van der Waals surface area (Å²) < 4.78 is 10.6. The van der Waals surface area contributed by atoms with Gasteiger partial charge in [0.25, 0.3) is 0 Å². The molecular weight excluding hydrogens is 302 g/mol. The van der Waals surface area contributed by atoms with Crippen molar-refractivity contribution in [2.75, 3.05) is 19.9 Å². The van der Waals surface area contributed by atoms with Crippen LogP contribution in [0.5, 0.6) is 11.5 Å². The van der Waals surface area contributed by atoms with Crippen molar-refractivity contribution in [1.82, 2.24) is 10.2 Å². The van der Waals surface area contributed by atoms with Crippen LogP contribution in [0.2, 0.25) is 0 Å². The molecule has 1 aromatic carbocycles. The number of benzene rings is 1. The van der Waals surface area contributed by atoms with E-state index in [9.17, 15) is 4.79 Å². The molecule has 4 rings (SSSR count). The number of amides is 1. The summed E-state index contributed by atoms with van der Waals surface area (Å²) in [5.41, 5.74) is 2.03. The Bertz CT molecular complexity index is 687. The molecule has 22 heavy (non-hydrogen) atoms. The lowest BCUT2D eigenvalue weighted by Crippen LogP contribution is -2.28. The van der Waals surface area contributed by atoms with Crippen molar-refractivity contribution in [3.8, 4) is 11.5 Å². The summed E-state index contributed by atoms with van der Waals surface area (Å²) in [5.74, 6) is 1.50. The predicted molar refractivity (Wildman–Crippen MR) is 83.7 cm³/mol. The van der Waals surface area contributed by atoms with E-state index in [-0.39, 0.29) is 12.7 Å². The first-order chi connectivity index (χ1) is 10.8. The van der Waals surface area contributed by atoms with Crippen LogP contribution in [-0.2, 0) is 11.3 Å². The molecule has 3 heterocycles. The number of amidine groups is 1. The van der Waals surface area contributed by atoms with Gasteiger partial charge in [0.05, 0.1) is 13.0 Å². The van der Waals surface area contributed by atoms with Crippen LogP contribution in [0, 0.1) is 0 Å². The van der Waals surface area contributed by atoms with Crippen molar-refractivity contribution in [3.05, 3.63) is 34.9 Å². The summed E-state index contributed by atoms with van der Waals surface area (Å²) >= 11 is 1.59. The van der Waals surface area contributed by atoms with Gasteiger partial charge in [-0.05, 0) is 23.1 Å². The van der Waals surface area contributed by atoms with Crippen LogP contribution in [0.15, 0.2) is 34.3 Å². The van der Waals surface area contributed by atoms with E-state index < -0.39 is 0 Å². The van der Waals surface area contributed by atoms with E-state index in [4.69, 9.17) is 9.47 Å². The summed E-state index contributed by atoms with van der Waals surface area (Å²) in [6.07, 6.45) is 0.385. The molecule has 114 valence electrons. The van der Waals surface area contributed by atoms with Gasteiger partial charge in [-0.15, -0.1) is 0 Å². The molecule has 0 unspecified atom stereocenters. The zero-order valence-electron chi connectivity index (χ0n) is 11.9. The van der Waals surface area contributed by atoms with Gasteiger partial charge in [-0.2, -0.15) is 0 Å². The second-order valence-corrected chi connectivity index (χ2v) is 6.02. The van der Waals surface area contributed by atoms with Gasteiger partial charge in [0, 0.05) is 18.8 Å². The number of nitrogens with zero attached hydrogens (tertiary/aromatic N) is 2. The van der Waals surface area contributed by atoms with Gasteiger partial charge >= 0.3 is 0 Å². The Morgan fingerprint density at radius 2 is 2.27 bits per heavy atom. The highest BCUT2D eigenvalue weighted by molar-refractivity contribution is 8.16. The molecule has 0 aromatic heterocycles. The summed E-state index contributed by atoms with van der Waals surface area (Å²) in [5, 5.41) is 5.97. The van der Waals surface area contributed by atoms with E-state index >= 15 is 0 Å². The standard InChI is InChI=1S/C15H15N3O3S/c19-14(6-11-8-22-15-16-3-4-18(11)15)17-7-10-1-2-12-13(5-10)21-9-20-12/h1-2,5,8H,3-4,6-7,9H2,(H,17,19). The molecule has 6 nitrogen and oxygen atoms in total. The van der Waals surface area contributed by atoms with Gasteiger partial charge in [0.15, 0.2) is 16.7 Å². The fourth-order valence-corrected chi connectivity index (χ4v) is 3.55. The number of nitrogens with one attached hydrogen (secondary N) is 1. The monoisotopic (exact) mass is 317 g/mol. The number of thioether (sulfide) groups is 1. The molecule has 0 aliphatic carbocycles. The molecule has 7 heteroatoms. The van der Waals surface area contributed by atoms with Gasteiger partial charge in [-0.1, -0.05) is 17.8 Å². The van der Waals surface area contributed by atoms with E-state index in [2.05, 4.69) is 15.2 Å². The van der Waals surface area contributed by atoms with Crippen LogP contribution in [0.1, 0.15) is 12.0 Å². The highest BCUT2D eigenvalue weighted by Crippen LogP contribution is 2.33. The third-order valence-corrected chi connectivity index (χ3v) is 4.67. The van der Waals surface area contributed by atoms with E-state index in [1.165, 1.54) is 0 Å². The van der Waals surface area contributed by atoms with Crippen LogP contribution < -0.4 is 14.8 Å². The van der Waals surface area contributed by atoms with Crippen LogP contribution in [0.4, 0.5) is 0 Å². The number of ether oxygens (including phenoxy) is 2. The number of aliphatic imine (C=N–C) groups is 1. The molecule has 0 atom stereocenters. The first-order valence-electron chi connectivity index (χ1n) is 7.12. The zero-order chi connectivity index (χ0) is 14.9. The highest BCUT2D eigenvalue weighted by atomic mass is 32.2. The van der Waals surface area contributed by atoms with Crippen LogP contribution in [0.25, 0.3) is 0 Å². The maximum atomic E-state index is 12.1. The van der Waals surface area contributed by atoms with Gasteiger partial charge < -0.3 is 19.7 Å². The molecule has 0 bridgehead atoms. The number of hydrogen-bond donors (Lipinski definition) is 1. The van der Waals surface area contributed by atoms with E-state index in [1.54, 1.807) is 11.8 Å². The molecule has 3 aliphatic rings. The van der Waals surface area contributed by atoms with Gasteiger partial charge in [-0.3, -0.25) is 9.79 Å². The average molecular weight is 317 g/mol. The smallest absolute Gasteiger partial charge is 0.231 e. The topological polar surface area (TPSA) is 63.2 Å². The van der Waals surface area contributed by atoms with Crippen LogP contribution in [-0.4, -0.2) is 35.9 Å². The SMILES string of the molecule is O=C(CC1=CSC2=NCCN12)NCc1ccc2c(c1)OCO2. The summed E-state index contributed by atoms with van der Waals surface area (Å²) in [4.78, 5) is 18.6. The fraction of sp³-hybridized carbons (Fsp3) is 0.333. The lowest BCUT2D eigenvalue weighted by Gasteiger charge is -2.16. The van der Waals surface area contributed by atoms with Crippen LogP contribution >= 0.6 is 11.8 Å². The third kappa shape index (κ3) is 2.52. The highest BCUT2D eigenvalue weighted by Gasteiger charge is 2.27. The Morgan fingerprint density at radius 3 is 3.23 bits per heavy atom. The van der Waals surface area contributed by atoms with E-state index in [1.807, 2.05) is 23.6 Å². The molecule has 0 fully saturated rings. The molecule has 3 aliphatic heterocycles. The van der Waals surface area contributed by atoms with Gasteiger partial charge in [-0.25, -0.2) is 0 Å². The lowest BCUT2D eigenvalue weighted by molar-refractivity contribution is -0.120. The Morgan fingerprint density at radius 1 is 1.36 bits per heavy atom. The third-order valence-electron chi connectivity index (χ3n) is 3.72. The Kier molecular flexibility index (Phi) is 3.42. The van der Waals surface area contributed by atoms with Crippen LogP contribution in [0.3, 0.4) is 0 Å². The van der Waals surface area contributed by atoms with Crippen molar-refractivity contribution < 1.29 is 14.3 Å². The van der Waals surface area contributed by atoms with Crippen molar-refractivity contribution >= 4 is 22.8 Å². The Hall–Kier alpha value is -2.15. The second kappa shape index (κ2) is 5.57. The largest absolute Gasteiger partial charge is 0.454 e. The summed E-state index contributed by atoms with van der Waals surface area (Å²) in [6, 6.07) is 5.70. The molecule has 1 aromatic rings. The van der Waals surface area contributed by atoms with Gasteiger partial charge in [0.2, 0.25) is 12.7 Å². The van der Waals surface area contributed by atoms with E-state index in [0.29, 0.717) is 13.0 Å². The number of hydrogen-bond acceptors (Lipinski definition) is 6. The first kappa shape index (κ1) is 13.5. The molecule has 0 spiro atoms. The maximum Gasteiger partial charge on any atom is 0.231 e. The predicted octanol–water partition coefficient (Wildman–Crippen LogP) is 1.68. The molecule has 1 amide bonds. The molecule has 0 saturated heterocycles. The number of fused-ring (bicyclic) bond motifs is 2. The van der Waals surface area contributed by atoms with E-state index in [0.717, 1.165) is 41.0 Å². The normalized spacial score (nSPS) is 18.1. The lowest BCUT2D eigenvalue weighted by atomic mass is 10.2. The fourth-order valence-electron chi connectivity index (χ4n) is 2.59. The van der Waals surface area contributed by atoms with Crippen molar-refractivity contribution in [1.29, 1.82) is 0 Å². The quantitative estimate of drug-likeness (QED) is 0.915. The minimum atomic E-state index is 0.0117. The number of carbonyl (C=O) groups excluding carboxylic acids is 1. The Labute approximate surface area is 132 Å². The summed E-state index contributed by atoms with van der Waals surface area (Å²) in [6.45, 7) is 2.44. The van der Waals surface area contributed by atoms with Crippen molar-refractivity contribution in [3.63, 3.8) is 0 Å². The minimum Gasteiger partial charge on any atom is -0.454 e. The maximum absolute atomic E-state index is 12.1. The minimum absolute atomic E-state index is 0.0117. The average Bonchev–Trinajstić information content (AvgIpc) is 3.22. The number of carbonyl (C=O) groups is 1. The molecular formula is C15H15N3O3S. The van der Waals surface area contributed by atoms with Crippen molar-refractivity contribution in [2.24, 2.45) is 4.99 Å². The van der Waals surface area contributed by atoms with Gasteiger partial charge in [0.1, 0.15) is 0 Å².